The smallest absolute Gasteiger partial charge is 0.131 e. The highest BCUT2D eigenvalue weighted by Gasteiger charge is 2.15. The Balaban J connectivity index is 1.72. The highest BCUT2D eigenvalue weighted by Crippen LogP contribution is 2.16. The summed E-state index contributed by atoms with van der Waals surface area (Å²) in [6, 6.07) is 10.3. The molecule has 0 atom stereocenters. The summed E-state index contributed by atoms with van der Waals surface area (Å²) < 4.78 is 0. The number of anilines is 1. The Morgan fingerprint density at radius 3 is 2.80 bits per heavy atom. The molecule has 0 unspecified atom stereocenters. The van der Waals surface area contributed by atoms with E-state index in [-0.39, 0.29) is 6.17 Å². The van der Waals surface area contributed by atoms with Crippen LogP contribution in [0.15, 0.2) is 42.9 Å². The van der Waals surface area contributed by atoms with Gasteiger partial charge < -0.3 is 4.90 Å². The van der Waals surface area contributed by atoms with Crippen LogP contribution in [0, 0.1) is 0 Å². The number of benzene rings is 1. The van der Waals surface area contributed by atoms with Gasteiger partial charge in [-0.1, -0.05) is 24.3 Å². The van der Waals surface area contributed by atoms with E-state index in [1.54, 1.807) is 12.5 Å². The van der Waals surface area contributed by atoms with Crippen LogP contribution < -0.4 is 26.8 Å². The Bertz CT molecular complexity index is 554. The maximum absolute atomic E-state index is 4.24. The van der Waals surface area contributed by atoms with Gasteiger partial charge in [0.1, 0.15) is 18.3 Å². The van der Waals surface area contributed by atoms with Gasteiger partial charge in [0.15, 0.2) is 0 Å². The molecule has 2 heterocycles. The topological polar surface area (TPSA) is 77.1 Å². The van der Waals surface area contributed by atoms with Crippen LogP contribution in [0.5, 0.6) is 0 Å². The van der Waals surface area contributed by atoms with E-state index in [1.165, 1.54) is 5.56 Å². The fourth-order valence-electron chi connectivity index (χ4n) is 2.15. The Kier molecular flexibility index (Phi) is 3.84. The van der Waals surface area contributed by atoms with Gasteiger partial charge in [-0.05, 0) is 17.2 Å². The average molecular weight is 271 g/mol. The zero-order valence-electron chi connectivity index (χ0n) is 11.2. The third-order valence-electron chi connectivity index (χ3n) is 3.16. The second kappa shape index (κ2) is 5.93. The SMILES string of the molecule is CN(Cc1cccc(C2NNNN2)c1)c1ccncn1. The van der Waals surface area contributed by atoms with Crippen molar-refractivity contribution in [3.05, 3.63) is 54.0 Å². The van der Waals surface area contributed by atoms with Crippen molar-refractivity contribution in [3.8, 4) is 0 Å². The number of hydrogen-bond donors (Lipinski definition) is 4. The molecule has 1 aliphatic heterocycles. The second-order valence-electron chi connectivity index (χ2n) is 4.64. The summed E-state index contributed by atoms with van der Waals surface area (Å²) in [4.78, 5) is 10.3. The van der Waals surface area contributed by atoms with Gasteiger partial charge >= 0.3 is 0 Å². The van der Waals surface area contributed by atoms with Crippen molar-refractivity contribution in [2.45, 2.75) is 12.7 Å². The van der Waals surface area contributed by atoms with Crippen LogP contribution in [0.1, 0.15) is 17.3 Å². The summed E-state index contributed by atoms with van der Waals surface area (Å²) in [5.41, 5.74) is 14.2. The Hall–Kier alpha value is -2.06. The normalized spacial score (nSPS) is 15.4. The quantitative estimate of drug-likeness (QED) is 0.634. The molecule has 1 aliphatic rings. The van der Waals surface area contributed by atoms with Gasteiger partial charge in [-0.3, -0.25) is 0 Å². The lowest BCUT2D eigenvalue weighted by Crippen LogP contribution is -2.33. The summed E-state index contributed by atoms with van der Waals surface area (Å²) in [6.07, 6.45) is 3.37. The predicted octanol–water partition coefficient (Wildman–Crippen LogP) is 0.229. The van der Waals surface area contributed by atoms with E-state index >= 15 is 0 Å². The van der Waals surface area contributed by atoms with Gasteiger partial charge in [0.05, 0.1) is 0 Å². The highest BCUT2D eigenvalue weighted by atomic mass is 15.8. The minimum Gasteiger partial charge on any atom is -0.355 e. The van der Waals surface area contributed by atoms with E-state index in [1.807, 2.05) is 13.1 Å². The summed E-state index contributed by atoms with van der Waals surface area (Å²) in [5, 5.41) is 0. The molecule has 4 N–H and O–H groups in total. The van der Waals surface area contributed by atoms with E-state index < -0.39 is 0 Å². The number of nitrogens with zero attached hydrogens (tertiary/aromatic N) is 3. The van der Waals surface area contributed by atoms with Crippen LogP contribution in [0.4, 0.5) is 5.82 Å². The predicted molar refractivity (Wildman–Crippen MR) is 75.9 cm³/mol. The standard InChI is InChI=1S/C13H17N7/c1-20(12-5-6-14-9-15-12)8-10-3-2-4-11(7-10)13-16-18-19-17-13/h2-7,9,13,16-19H,8H2,1H3. The number of hydrazine groups is 3. The van der Waals surface area contributed by atoms with E-state index in [4.69, 9.17) is 0 Å². The van der Waals surface area contributed by atoms with Gasteiger partial charge in [0, 0.05) is 19.8 Å². The maximum atomic E-state index is 4.24. The van der Waals surface area contributed by atoms with Crippen molar-refractivity contribution in [1.82, 2.24) is 31.9 Å². The first-order valence-electron chi connectivity index (χ1n) is 6.40. The van der Waals surface area contributed by atoms with Crippen molar-refractivity contribution in [3.63, 3.8) is 0 Å². The summed E-state index contributed by atoms with van der Waals surface area (Å²) in [7, 11) is 2.02. The van der Waals surface area contributed by atoms with Gasteiger partial charge in [-0.2, -0.15) is 11.1 Å². The molecule has 20 heavy (non-hydrogen) atoms. The van der Waals surface area contributed by atoms with E-state index in [9.17, 15) is 0 Å². The average Bonchev–Trinajstić information content (AvgIpc) is 3.03. The molecule has 7 nitrogen and oxygen atoms in total. The third-order valence-corrected chi connectivity index (χ3v) is 3.16. The van der Waals surface area contributed by atoms with E-state index in [0.717, 1.165) is 17.9 Å². The highest BCUT2D eigenvalue weighted by molar-refractivity contribution is 5.37. The molecule has 1 fully saturated rings. The molecular formula is C13H17N7. The van der Waals surface area contributed by atoms with E-state index in [2.05, 4.69) is 61.1 Å². The molecule has 3 rings (SSSR count). The fourth-order valence-corrected chi connectivity index (χ4v) is 2.15. The molecule has 0 spiro atoms. The fraction of sp³-hybridized carbons (Fsp3) is 0.231. The maximum Gasteiger partial charge on any atom is 0.131 e. The van der Waals surface area contributed by atoms with Gasteiger partial charge in [-0.25, -0.2) is 20.8 Å². The van der Waals surface area contributed by atoms with Crippen LogP contribution >= 0.6 is 0 Å². The number of hydrogen-bond acceptors (Lipinski definition) is 7. The van der Waals surface area contributed by atoms with Crippen LogP contribution in [-0.2, 0) is 6.54 Å². The molecule has 104 valence electrons. The molecule has 0 radical (unpaired) electrons. The van der Waals surface area contributed by atoms with Crippen molar-refractivity contribution < 1.29 is 0 Å². The number of aromatic nitrogens is 2. The molecular weight excluding hydrogens is 254 g/mol. The minimum atomic E-state index is 0.0549. The van der Waals surface area contributed by atoms with Crippen LogP contribution in [0.25, 0.3) is 0 Å². The first-order chi connectivity index (χ1) is 9.83. The molecule has 0 amide bonds. The molecule has 2 aromatic rings. The number of nitrogens with one attached hydrogen (secondary N) is 4. The summed E-state index contributed by atoms with van der Waals surface area (Å²) >= 11 is 0. The Morgan fingerprint density at radius 1 is 1.20 bits per heavy atom. The molecule has 7 heteroatoms. The lowest BCUT2D eigenvalue weighted by Gasteiger charge is -2.19. The first kappa shape index (κ1) is 12.9. The van der Waals surface area contributed by atoms with Crippen LogP contribution in [-0.4, -0.2) is 17.0 Å². The molecule has 1 aromatic carbocycles. The lowest BCUT2D eigenvalue weighted by atomic mass is 10.1. The van der Waals surface area contributed by atoms with Crippen molar-refractivity contribution >= 4 is 5.82 Å². The molecule has 0 bridgehead atoms. The molecule has 1 aromatic heterocycles. The second-order valence-corrected chi connectivity index (χ2v) is 4.64. The zero-order valence-corrected chi connectivity index (χ0v) is 11.2. The molecule has 0 aliphatic carbocycles. The van der Waals surface area contributed by atoms with Crippen molar-refractivity contribution in [1.29, 1.82) is 0 Å². The lowest BCUT2D eigenvalue weighted by molar-refractivity contribution is 0.554. The Labute approximate surface area is 117 Å². The summed E-state index contributed by atoms with van der Waals surface area (Å²) in [6.45, 7) is 0.790. The van der Waals surface area contributed by atoms with Crippen LogP contribution in [0.3, 0.4) is 0 Å². The van der Waals surface area contributed by atoms with Gasteiger partial charge in [0.2, 0.25) is 0 Å². The Morgan fingerprint density at radius 2 is 2.05 bits per heavy atom. The first-order valence-corrected chi connectivity index (χ1v) is 6.40. The molecule has 1 saturated heterocycles. The third kappa shape index (κ3) is 2.91. The van der Waals surface area contributed by atoms with Crippen LogP contribution in [0.2, 0.25) is 0 Å². The van der Waals surface area contributed by atoms with Crippen molar-refractivity contribution in [2.24, 2.45) is 0 Å². The monoisotopic (exact) mass is 271 g/mol. The van der Waals surface area contributed by atoms with Gasteiger partial charge in [0.25, 0.3) is 0 Å². The zero-order chi connectivity index (χ0) is 13.8. The number of rotatable bonds is 4. The molecule has 0 saturated carbocycles. The van der Waals surface area contributed by atoms with Crippen molar-refractivity contribution in [2.75, 3.05) is 11.9 Å². The van der Waals surface area contributed by atoms with Gasteiger partial charge in [-0.15, -0.1) is 0 Å². The van der Waals surface area contributed by atoms with E-state index in [0.29, 0.717) is 0 Å². The minimum absolute atomic E-state index is 0.0549. The largest absolute Gasteiger partial charge is 0.355 e. The summed E-state index contributed by atoms with van der Waals surface area (Å²) in [5.74, 6) is 0.908.